The molecule has 0 spiro atoms. The third-order valence-corrected chi connectivity index (χ3v) is 9.23. The van der Waals surface area contributed by atoms with Gasteiger partial charge in [-0.3, -0.25) is 52.7 Å². The van der Waals surface area contributed by atoms with Gasteiger partial charge >= 0.3 is 17.9 Å². The lowest BCUT2D eigenvalue weighted by molar-refractivity contribution is -0.144. The molecule has 0 aromatic carbocycles. The summed E-state index contributed by atoms with van der Waals surface area (Å²) in [7, 11) is 0. The number of aliphatic hydroxyl groups excluding tert-OH is 1. The molecular weight excluding hydrogens is 816 g/mol. The van der Waals surface area contributed by atoms with Crippen molar-refractivity contribution in [1.29, 1.82) is 0 Å². The Kier molecular flexibility index (Phi) is 21.2. The van der Waals surface area contributed by atoms with Crippen LogP contribution in [0, 0.1) is 5.92 Å². The van der Waals surface area contributed by atoms with E-state index in [0.717, 1.165) is 18.7 Å². The average Bonchev–Trinajstić information content (AvgIpc) is 3.64. The summed E-state index contributed by atoms with van der Waals surface area (Å²) in [5.74, 6) is -14.0. The zero-order chi connectivity index (χ0) is 46.9. The number of primary amides is 2. The van der Waals surface area contributed by atoms with Crippen molar-refractivity contribution in [2.45, 2.75) is 134 Å². The quantitative estimate of drug-likeness (QED) is 0.0385. The van der Waals surface area contributed by atoms with Crippen molar-refractivity contribution >= 4 is 71.1 Å². The minimum atomic E-state index is -1.81. The number of carboxylic acid groups (broad SMARTS) is 3. The largest absolute Gasteiger partial charge is 0.481 e. The number of amides is 9. The lowest BCUT2D eigenvalue weighted by Crippen LogP contribution is -2.62. The van der Waals surface area contributed by atoms with Crippen molar-refractivity contribution in [2.24, 2.45) is 23.1 Å². The first-order valence-corrected chi connectivity index (χ1v) is 19.1. The van der Waals surface area contributed by atoms with Crippen LogP contribution in [0.2, 0.25) is 0 Å². The fourth-order valence-corrected chi connectivity index (χ4v) is 5.92. The van der Waals surface area contributed by atoms with Gasteiger partial charge in [-0.25, -0.2) is 4.79 Å². The fourth-order valence-electron chi connectivity index (χ4n) is 5.92. The SMILES string of the molecule is CC(C)[C@H](NC(=O)[C@@H]1CCCN1C(=O)[C@H](CCC(N)=O)NC(=O)[C@@H](N)CC(=O)O)C(=O)N[C@H](C(=O)N[C@@H](C)C(=O)N[C@@H](CCC(=O)O)C(=O)N[C@@H](CC(N)=O)C(=O)O)[C@@H](C)O. The van der Waals surface area contributed by atoms with E-state index in [1.54, 1.807) is 0 Å². The number of rotatable bonds is 26. The normalized spacial score (nSPS) is 17.4. The van der Waals surface area contributed by atoms with Crippen molar-refractivity contribution in [3.63, 3.8) is 0 Å². The fraction of sp³-hybridized carbons (Fsp3) is 0.657. The maximum Gasteiger partial charge on any atom is 0.326 e. The second-order valence-corrected chi connectivity index (χ2v) is 14.7. The minimum Gasteiger partial charge on any atom is -0.481 e. The molecular formula is C35H56N10O16. The van der Waals surface area contributed by atoms with E-state index in [4.69, 9.17) is 27.4 Å². The summed E-state index contributed by atoms with van der Waals surface area (Å²) >= 11 is 0. The van der Waals surface area contributed by atoms with Gasteiger partial charge in [0.15, 0.2) is 0 Å². The number of aliphatic hydroxyl groups is 1. The van der Waals surface area contributed by atoms with Crippen LogP contribution in [0.1, 0.15) is 79.1 Å². The van der Waals surface area contributed by atoms with Gasteiger partial charge in [-0.1, -0.05) is 13.8 Å². The van der Waals surface area contributed by atoms with Gasteiger partial charge in [-0.2, -0.15) is 0 Å². The zero-order valence-electron chi connectivity index (χ0n) is 34.0. The lowest BCUT2D eigenvalue weighted by atomic mass is 10.0. The Balaban J connectivity index is 3.15. The average molecular weight is 873 g/mol. The van der Waals surface area contributed by atoms with Crippen LogP contribution < -0.4 is 49.1 Å². The molecule has 1 aliphatic heterocycles. The van der Waals surface area contributed by atoms with E-state index in [0.29, 0.717) is 6.42 Å². The summed E-state index contributed by atoms with van der Waals surface area (Å²) in [5, 5.41) is 51.4. The highest BCUT2D eigenvalue weighted by molar-refractivity contribution is 5.98. The van der Waals surface area contributed by atoms with Crippen molar-refractivity contribution in [1.82, 2.24) is 36.8 Å². The molecule has 0 unspecified atom stereocenters. The number of likely N-dealkylation sites (tertiary alicyclic amines) is 1. The van der Waals surface area contributed by atoms with Gasteiger partial charge in [0, 0.05) is 19.4 Å². The van der Waals surface area contributed by atoms with Gasteiger partial charge in [-0.15, -0.1) is 0 Å². The molecule has 0 aromatic rings. The van der Waals surface area contributed by atoms with Gasteiger partial charge in [0.25, 0.3) is 0 Å². The maximum atomic E-state index is 13.7. The predicted octanol–water partition coefficient (Wildman–Crippen LogP) is -6.16. The Morgan fingerprint density at radius 1 is 0.623 bits per heavy atom. The number of carboxylic acids is 3. The van der Waals surface area contributed by atoms with Crippen molar-refractivity contribution in [3.8, 4) is 0 Å². The highest BCUT2D eigenvalue weighted by Gasteiger charge is 2.41. The number of nitrogens with two attached hydrogens (primary N) is 3. The Hall–Kier alpha value is -6.44. The Bertz CT molecular complexity index is 1690. The van der Waals surface area contributed by atoms with Gasteiger partial charge in [0.1, 0.15) is 42.3 Å². The molecule has 26 nitrogen and oxygen atoms in total. The highest BCUT2D eigenvalue weighted by Crippen LogP contribution is 2.21. The molecule has 0 aromatic heterocycles. The van der Waals surface area contributed by atoms with E-state index >= 15 is 0 Å². The second-order valence-electron chi connectivity index (χ2n) is 14.7. The van der Waals surface area contributed by atoms with Crippen LogP contribution in [-0.4, -0.2) is 157 Å². The van der Waals surface area contributed by atoms with Crippen LogP contribution >= 0.6 is 0 Å². The second kappa shape index (κ2) is 24.6. The van der Waals surface area contributed by atoms with Crippen LogP contribution in [0.15, 0.2) is 0 Å². The van der Waals surface area contributed by atoms with E-state index in [-0.39, 0.29) is 25.8 Å². The third kappa shape index (κ3) is 17.8. The van der Waals surface area contributed by atoms with E-state index in [1.165, 1.54) is 13.8 Å². The molecule has 61 heavy (non-hydrogen) atoms. The summed E-state index contributed by atoms with van der Waals surface area (Å²) in [6, 6.07) is -12.3. The summed E-state index contributed by atoms with van der Waals surface area (Å²) < 4.78 is 0. The number of hydrogen-bond acceptors (Lipinski definition) is 14. The van der Waals surface area contributed by atoms with E-state index in [2.05, 4.69) is 26.6 Å². The van der Waals surface area contributed by atoms with Crippen LogP contribution in [0.5, 0.6) is 0 Å². The molecule has 0 bridgehead atoms. The van der Waals surface area contributed by atoms with Crippen LogP contribution in [-0.2, 0) is 57.5 Å². The molecule has 1 fully saturated rings. The molecule has 1 rings (SSSR count). The highest BCUT2D eigenvalue weighted by atomic mass is 16.4. The molecule has 1 aliphatic rings. The molecule has 26 heteroatoms. The molecule has 1 saturated heterocycles. The standard InChI is InChI=1S/C35H56N10O16/c1-14(2)26(43-31(56)21-6-5-11-45(21)34(59)19(7-9-22(37)47)41-29(54)17(36)12-25(51)52)32(57)44-27(16(4)46)33(58)39-15(3)28(53)40-18(8-10-24(49)50)30(55)42-20(35(60)61)13-23(38)48/h14-21,26-27,46H,5-13,36H2,1-4H3,(H2,37,47)(H2,38,48)(H,39,58)(H,40,53)(H,41,54)(H,42,55)(H,43,56)(H,44,57)(H,49,50)(H,51,52)(H,60,61)/t15-,16+,17-,18-,19-,20-,21-,26-,27-/m0/s1. The first kappa shape index (κ1) is 52.6. The predicted molar refractivity (Wildman–Crippen MR) is 205 cm³/mol. The Morgan fingerprint density at radius 2 is 1.18 bits per heavy atom. The zero-order valence-corrected chi connectivity index (χ0v) is 34.0. The number of carbonyl (C=O) groups is 12. The monoisotopic (exact) mass is 872 g/mol. The van der Waals surface area contributed by atoms with Gasteiger partial charge < -0.3 is 74.4 Å². The molecule has 342 valence electrons. The number of hydrogen-bond donors (Lipinski definition) is 13. The number of nitrogens with zero attached hydrogens (tertiary/aromatic N) is 1. The molecule has 9 atom stereocenters. The maximum absolute atomic E-state index is 13.7. The van der Waals surface area contributed by atoms with Crippen LogP contribution in [0.25, 0.3) is 0 Å². The van der Waals surface area contributed by atoms with E-state index < -0.39 is 157 Å². The van der Waals surface area contributed by atoms with Gasteiger partial charge in [-0.05, 0) is 45.4 Å². The first-order valence-electron chi connectivity index (χ1n) is 19.1. The first-order chi connectivity index (χ1) is 28.3. The Morgan fingerprint density at radius 3 is 1.69 bits per heavy atom. The van der Waals surface area contributed by atoms with Gasteiger partial charge in [0.2, 0.25) is 53.2 Å². The van der Waals surface area contributed by atoms with Crippen LogP contribution in [0.3, 0.4) is 0 Å². The molecule has 0 aliphatic carbocycles. The molecule has 0 radical (unpaired) electrons. The molecule has 0 saturated carbocycles. The lowest BCUT2D eigenvalue weighted by Gasteiger charge is -2.31. The van der Waals surface area contributed by atoms with Crippen molar-refractivity contribution in [3.05, 3.63) is 0 Å². The van der Waals surface area contributed by atoms with Crippen LogP contribution in [0.4, 0.5) is 0 Å². The molecule has 9 amide bonds. The molecule has 16 N–H and O–H groups in total. The van der Waals surface area contributed by atoms with Gasteiger partial charge in [0.05, 0.1) is 25.0 Å². The molecule has 1 heterocycles. The number of aliphatic carboxylic acids is 3. The smallest absolute Gasteiger partial charge is 0.326 e. The summed E-state index contributed by atoms with van der Waals surface area (Å²) in [6.07, 6.45) is -4.70. The van der Waals surface area contributed by atoms with Crippen molar-refractivity contribution in [2.75, 3.05) is 6.54 Å². The topological polar surface area (TPSA) is 439 Å². The summed E-state index contributed by atoms with van der Waals surface area (Å²) in [5.41, 5.74) is 15.9. The Labute approximate surface area is 348 Å². The van der Waals surface area contributed by atoms with E-state index in [1.807, 2.05) is 5.32 Å². The number of nitrogens with one attached hydrogen (secondary N) is 6. The number of carbonyl (C=O) groups excluding carboxylic acids is 9. The van der Waals surface area contributed by atoms with Crippen molar-refractivity contribution < 1.29 is 78.0 Å². The third-order valence-electron chi connectivity index (χ3n) is 9.23. The summed E-state index contributed by atoms with van der Waals surface area (Å²) in [6.45, 7) is 5.34. The summed E-state index contributed by atoms with van der Waals surface area (Å²) in [4.78, 5) is 150. The van der Waals surface area contributed by atoms with E-state index in [9.17, 15) is 67.7 Å². The minimum absolute atomic E-state index is 0.0126.